The lowest BCUT2D eigenvalue weighted by Crippen LogP contribution is -2.38. The van der Waals surface area contributed by atoms with Crippen LogP contribution in [0.25, 0.3) is 11.7 Å². The smallest absolute Gasteiger partial charge is 0.344 e. The molecule has 6 nitrogen and oxygen atoms in total. The molecule has 4 rings (SSSR count). The Bertz CT molecular complexity index is 1220. The van der Waals surface area contributed by atoms with Crippen LogP contribution in [0.2, 0.25) is 5.15 Å². The SMILES string of the molecule is O=C(C=Cc1c(Cl)nc2ccccn12)NC(CN1CCCC1=O)c1cccc(C(F)(F)F)c1. The number of amides is 2. The second-order valence-electron chi connectivity index (χ2n) is 7.68. The molecule has 1 N–H and O–H groups in total. The summed E-state index contributed by atoms with van der Waals surface area (Å²) in [6.45, 7) is 0.577. The predicted molar refractivity (Wildman–Crippen MR) is 117 cm³/mol. The zero-order valence-electron chi connectivity index (χ0n) is 17.3. The van der Waals surface area contributed by atoms with Crippen LogP contribution in [0.5, 0.6) is 0 Å². The predicted octanol–water partition coefficient (Wildman–Crippen LogP) is 4.50. The number of benzene rings is 1. The molecule has 172 valence electrons. The zero-order valence-corrected chi connectivity index (χ0v) is 18.1. The van der Waals surface area contributed by atoms with Crippen molar-refractivity contribution in [2.24, 2.45) is 0 Å². The third-order valence-electron chi connectivity index (χ3n) is 5.42. The van der Waals surface area contributed by atoms with Crippen molar-refractivity contribution in [3.05, 3.63) is 76.7 Å². The standard InChI is InChI=1S/C23H20ClF3N4O2/c24-22-18(31-12-2-1-7-19(31)29-22)9-10-20(32)28-17(14-30-11-4-8-21(30)33)15-5-3-6-16(13-15)23(25,26)27/h1-3,5-7,9-10,12-13,17H,4,8,11,14H2,(H,28,32). The minimum Gasteiger partial charge on any atom is -0.344 e. The van der Waals surface area contributed by atoms with E-state index in [-0.39, 0.29) is 23.2 Å². The second kappa shape index (κ2) is 9.27. The number of halogens is 4. The van der Waals surface area contributed by atoms with Crippen molar-refractivity contribution < 1.29 is 22.8 Å². The molecule has 10 heteroatoms. The fourth-order valence-corrected chi connectivity index (χ4v) is 4.03. The normalized spacial score (nSPS) is 15.5. The van der Waals surface area contributed by atoms with Crippen LogP contribution < -0.4 is 5.32 Å². The fraction of sp³-hybridized carbons (Fsp3) is 0.261. The van der Waals surface area contributed by atoms with Crippen LogP contribution >= 0.6 is 11.6 Å². The van der Waals surface area contributed by atoms with Crippen molar-refractivity contribution in [3.63, 3.8) is 0 Å². The van der Waals surface area contributed by atoms with Crippen molar-refractivity contribution in [3.8, 4) is 0 Å². The summed E-state index contributed by atoms with van der Waals surface area (Å²) in [4.78, 5) is 30.6. The van der Waals surface area contributed by atoms with Crippen LogP contribution in [0.4, 0.5) is 13.2 Å². The van der Waals surface area contributed by atoms with Crippen LogP contribution in [-0.4, -0.2) is 39.2 Å². The summed E-state index contributed by atoms with van der Waals surface area (Å²) >= 11 is 6.18. The molecule has 0 aliphatic carbocycles. The van der Waals surface area contributed by atoms with E-state index in [4.69, 9.17) is 11.6 Å². The number of carbonyl (C=O) groups excluding carboxylic acids is 2. The van der Waals surface area contributed by atoms with Gasteiger partial charge in [-0.1, -0.05) is 29.8 Å². The van der Waals surface area contributed by atoms with Crippen molar-refractivity contribution in [1.82, 2.24) is 19.6 Å². The van der Waals surface area contributed by atoms with Crippen molar-refractivity contribution in [2.75, 3.05) is 13.1 Å². The van der Waals surface area contributed by atoms with Gasteiger partial charge in [0.15, 0.2) is 5.15 Å². The lowest BCUT2D eigenvalue weighted by Gasteiger charge is -2.25. The summed E-state index contributed by atoms with van der Waals surface area (Å²) in [6, 6.07) is 9.30. The third-order valence-corrected chi connectivity index (χ3v) is 5.70. The van der Waals surface area contributed by atoms with Gasteiger partial charge in [0.2, 0.25) is 11.8 Å². The molecular weight excluding hydrogens is 457 g/mol. The van der Waals surface area contributed by atoms with E-state index in [9.17, 15) is 22.8 Å². The van der Waals surface area contributed by atoms with E-state index in [0.29, 0.717) is 30.7 Å². The molecular formula is C23H20ClF3N4O2. The van der Waals surface area contributed by atoms with E-state index in [1.807, 2.05) is 0 Å². The molecule has 3 heterocycles. The summed E-state index contributed by atoms with van der Waals surface area (Å²) in [5, 5.41) is 2.94. The maximum Gasteiger partial charge on any atom is 0.416 e. The summed E-state index contributed by atoms with van der Waals surface area (Å²) in [6.07, 6.45) is 1.02. The van der Waals surface area contributed by atoms with Gasteiger partial charge >= 0.3 is 6.18 Å². The highest BCUT2D eigenvalue weighted by Gasteiger charge is 2.32. The fourth-order valence-electron chi connectivity index (χ4n) is 3.79. The first kappa shape index (κ1) is 22.8. The molecule has 1 aliphatic rings. The van der Waals surface area contributed by atoms with Crippen LogP contribution in [-0.2, 0) is 15.8 Å². The summed E-state index contributed by atoms with van der Waals surface area (Å²) < 4.78 is 41.4. The lowest BCUT2D eigenvalue weighted by atomic mass is 10.0. The Balaban J connectivity index is 1.58. The minimum atomic E-state index is -4.52. The number of carbonyl (C=O) groups is 2. The van der Waals surface area contributed by atoms with Crippen molar-refractivity contribution >= 4 is 35.1 Å². The van der Waals surface area contributed by atoms with E-state index >= 15 is 0 Å². The zero-order chi connectivity index (χ0) is 23.6. The molecule has 1 fully saturated rings. The van der Waals surface area contributed by atoms with Crippen LogP contribution in [0, 0.1) is 0 Å². The van der Waals surface area contributed by atoms with E-state index in [1.54, 1.807) is 33.7 Å². The average Bonchev–Trinajstić information content (AvgIpc) is 3.33. The summed E-state index contributed by atoms with van der Waals surface area (Å²) in [5.41, 5.74) is 0.545. The number of hydrogen-bond acceptors (Lipinski definition) is 3. The number of alkyl halides is 3. The Hall–Kier alpha value is -3.33. The molecule has 33 heavy (non-hydrogen) atoms. The Morgan fingerprint density at radius 1 is 1.24 bits per heavy atom. The first-order chi connectivity index (χ1) is 15.7. The lowest BCUT2D eigenvalue weighted by molar-refractivity contribution is -0.137. The number of pyridine rings is 1. The highest BCUT2D eigenvalue weighted by Crippen LogP contribution is 2.31. The van der Waals surface area contributed by atoms with Gasteiger partial charge in [0, 0.05) is 31.8 Å². The Labute approximate surface area is 192 Å². The number of rotatable bonds is 6. The molecule has 1 saturated heterocycles. The van der Waals surface area contributed by atoms with E-state index in [2.05, 4.69) is 10.3 Å². The van der Waals surface area contributed by atoms with Gasteiger partial charge in [-0.3, -0.25) is 14.0 Å². The topological polar surface area (TPSA) is 66.7 Å². The molecule has 0 spiro atoms. The van der Waals surface area contributed by atoms with Crippen LogP contribution in [0.1, 0.15) is 35.7 Å². The Morgan fingerprint density at radius 2 is 2.06 bits per heavy atom. The Kier molecular flexibility index (Phi) is 6.42. The maximum atomic E-state index is 13.2. The van der Waals surface area contributed by atoms with E-state index in [1.165, 1.54) is 24.3 Å². The van der Waals surface area contributed by atoms with Crippen LogP contribution in [0.3, 0.4) is 0 Å². The number of likely N-dealkylation sites (tertiary alicyclic amines) is 1. The maximum absolute atomic E-state index is 13.2. The molecule has 0 radical (unpaired) electrons. The van der Waals surface area contributed by atoms with Gasteiger partial charge in [-0.15, -0.1) is 0 Å². The van der Waals surface area contributed by atoms with Gasteiger partial charge in [-0.05, 0) is 42.3 Å². The molecule has 2 amide bonds. The number of aromatic nitrogens is 2. The summed E-state index contributed by atoms with van der Waals surface area (Å²) in [7, 11) is 0. The largest absolute Gasteiger partial charge is 0.416 e. The minimum absolute atomic E-state index is 0.0795. The number of fused-ring (bicyclic) bond motifs is 1. The molecule has 0 bridgehead atoms. The van der Waals surface area contributed by atoms with Gasteiger partial charge in [0.25, 0.3) is 0 Å². The highest BCUT2D eigenvalue weighted by molar-refractivity contribution is 6.31. The molecule has 1 unspecified atom stereocenters. The quantitative estimate of drug-likeness (QED) is 0.533. The first-order valence-electron chi connectivity index (χ1n) is 10.3. The molecule has 1 aromatic carbocycles. The molecule has 1 atom stereocenters. The molecule has 1 aliphatic heterocycles. The second-order valence-corrected chi connectivity index (χ2v) is 8.04. The van der Waals surface area contributed by atoms with Gasteiger partial charge in [0.05, 0.1) is 17.3 Å². The third kappa shape index (κ3) is 5.19. The highest BCUT2D eigenvalue weighted by atomic mass is 35.5. The molecule has 2 aromatic heterocycles. The van der Waals surface area contributed by atoms with Gasteiger partial charge in [-0.25, -0.2) is 4.98 Å². The first-order valence-corrected chi connectivity index (χ1v) is 10.7. The Morgan fingerprint density at radius 3 is 2.79 bits per heavy atom. The monoisotopic (exact) mass is 476 g/mol. The van der Waals surface area contributed by atoms with Gasteiger partial charge < -0.3 is 10.2 Å². The van der Waals surface area contributed by atoms with Crippen LogP contribution in [0.15, 0.2) is 54.7 Å². The summed E-state index contributed by atoms with van der Waals surface area (Å²) in [5.74, 6) is -0.625. The number of nitrogens with one attached hydrogen (secondary N) is 1. The average molecular weight is 477 g/mol. The van der Waals surface area contributed by atoms with E-state index in [0.717, 1.165) is 12.1 Å². The van der Waals surface area contributed by atoms with Gasteiger partial charge in [0.1, 0.15) is 5.65 Å². The molecule has 0 saturated carbocycles. The van der Waals surface area contributed by atoms with Crippen molar-refractivity contribution in [2.45, 2.75) is 25.1 Å². The van der Waals surface area contributed by atoms with Crippen molar-refractivity contribution in [1.29, 1.82) is 0 Å². The number of imidazole rings is 1. The van der Waals surface area contributed by atoms with Gasteiger partial charge in [-0.2, -0.15) is 13.2 Å². The number of hydrogen-bond donors (Lipinski definition) is 1. The number of nitrogens with zero attached hydrogens (tertiary/aromatic N) is 3. The molecule has 3 aromatic rings. The van der Waals surface area contributed by atoms with E-state index < -0.39 is 23.7 Å².